The average molecular weight is 364 g/mol. The lowest BCUT2D eigenvalue weighted by Gasteiger charge is -2.43. The van der Waals surface area contributed by atoms with Crippen molar-refractivity contribution in [1.82, 2.24) is 9.62 Å². The summed E-state index contributed by atoms with van der Waals surface area (Å²) in [7, 11) is -3.48. The van der Waals surface area contributed by atoms with Gasteiger partial charge in [-0.1, -0.05) is 12.8 Å². The molecule has 25 heavy (non-hydrogen) atoms. The monoisotopic (exact) mass is 364 g/mol. The Hall–Kier alpha value is -1.44. The van der Waals surface area contributed by atoms with Crippen molar-refractivity contribution in [3.63, 3.8) is 0 Å². The summed E-state index contributed by atoms with van der Waals surface area (Å²) >= 11 is 0. The Morgan fingerprint density at radius 2 is 1.80 bits per heavy atom. The van der Waals surface area contributed by atoms with Crippen LogP contribution in [0.3, 0.4) is 0 Å². The molecule has 1 saturated heterocycles. The fourth-order valence-corrected chi connectivity index (χ4v) is 5.08. The van der Waals surface area contributed by atoms with Crippen LogP contribution in [-0.4, -0.2) is 50.6 Å². The minimum atomic E-state index is -3.48. The third-order valence-electron chi connectivity index (χ3n) is 5.30. The van der Waals surface area contributed by atoms with Crippen LogP contribution >= 0.6 is 0 Å². The highest BCUT2D eigenvalue weighted by molar-refractivity contribution is 7.89. The van der Waals surface area contributed by atoms with Crippen LogP contribution in [0.4, 0.5) is 0 Å². The van der Waals surface area contributed by atoms with Crippen molar-refractivity contribution >= 4 is 15.9 Å². The van der Waals surface area contributed by atoms with Crippen molar-refractivity contribution in [3.8, 4) is 0 Å². The molecular weight excluding hydrogens is 340 g/mol. The molecular formula is C18H24N2O4S. The lowest BCUT2D eigenvalue weighted by molar-refractivity contribution is -0.0752. The lowest BCUT2D eigenvalue weighted by Crippen LogP contribution is -2.54. The zero-order valence-corrected chi connectivity index (χ0v) is 15.0. The van der Waals surface area contributed by atoms with Gasteiger partial charge in [-0.2, -0.15) is 0 Å². The molecule has 1 aliphatic heterocycles. The molecule has 0 unspecified atom stereocenters. The maximum absolute atomic E-state index is 12.9. The number of rotatable bonds is 4. The summed E-state index contributed by atoms with van der Waals surface area (Å²) in [6.45, 7) is 1.17. The Labute approximate surface area is 148 Å². The van der Waals surface area contributed by atoms with Crippen molar-refractivity contribution in [2.45, 2.75) is 61.6 Å². The Morgan fingerprint density at radius 3 is 2.52 bits per heavy atom. The first kappa shape index (κ1) is 17.0. The molecule has 1 amide bonds. The van der Waals surface area contributed by atoms with E-state index in [1.165, 1.54) is 12.1 Å². The molecule has 3 aliphatic rings. The Bertz CT molecular complexity index is 741. The van der Waals surface area contributed by atoms with E-state index in [2.05, 4.69) is 4.72 Å². The molecule has 7 heteroatoms. The fraction of sp³-hybridized carbons (Fsp3) is 0.611. The number of hydrogen-bond acceptors (Lipinski definition) is 4. The molecule has 1 aromatic rings. The number of amides is 1. The Balaban J connectivity index is 1.50. The number of sulfonamides is 1. The number of carbonyl (C=O) groups excluding carboxylic acids is 1. The quantitative estimate of drug-likeness (QED) is 0.885. The highest BCUT2D eigenvalue weighted by Crippen LogP contribution is 2.29. The first-order valence-corrected chi connectivity index (χ1v) is 10.6. The maximum Gasteiger partial charge on any atom is 0.254 e. The number of fused-ring (bicyclic) bond motifs is 1. The number of benzene rings is 1. The molecule has 0 bridgehead atoms. The molecule has 2 atom stereocenters. The van der Waals surface area contributed by atoms with Gasteiger partial charge in [-0.05, 0) is 49.9 Å². The summed E-state index contributed by atoms with van der Waals surface area (Å²) in [5, 5.41) is 0. The van der Waals surface area contributed by atoms with Crippen LogP contribution < -0.4 is 4.72 Å². The first-order valence-electron chi connectivity index (χ1n) is 9.09. The van der Waals surface area contributed by atoms with Gasteiger partial charge in [0.2, 0.25) is 10.0 Å². The van der Waals surface area contributed by atoms with Crippen molar-refractivity contribution < 1.29 is 17.9 Å². The summed E-state index contributed by atoms with van der Waals surface area (Å²) in [5.74, 6) is -0.0284. The number of nitrogens with one attached hydrogen (secondary N) is 1. The van der Waals surface area contributed by atoms with Crippen LogP contribution in [0.2, 0.25) is 0 Å². The minimum absolute atomic E-state index is 0.0284. The minimum Gasteiger partial charge on any atom is -0.374 e. The zero-order valence-electron chi connectivity index (χ0n) is 14.2. The molecule has 1 heterocycles. The van der Waals surface area contributed by atoms with Gasteiger partial charge in [-0.3, -0.25) is 4.79 Å². The average Bonchev–Trinajstić information content (AvgIpc) is 3.44. The molecule has 4 rings (SSSR count). The summed E-state index contributed by atoms with van der Waals surface area (Å²) in [6.07, 6.45) is 6.22. The first-order chi connectivity index (χ1) is 12.0. The van der Waals surface area contributed by atoms with E-state index >= 15 is 0 Å². The van der Waals surface area contributed by atoms with Crippen LogP contribution in [-0.2, 0) is 14.8 Å². The predicted octanol–water partition coefficient (Wildman–Crippen LogP) is 1.91. The van der Waals surface area contributed by atoms with Crippen LogP contribution in [0.25, 0.3) is 0 Å². The van der Waals surface area contributed by atoms with E-state index in [-0.39, 0.29) is 29.0 Å². The third-order valence-corrected chi connectivity index (χ3v) is 6.84. The Kier molecular flexibility index (Phi) is 4.56. The van der Waals surface area contributed by atoms with Crippen molar-refractivity contribution in [2.75, 3.05) is 13.2 Å². The molecule has 6 nitrogen and oxygen atoms in total. The summed E-state index contributed by atoms with van der Waals surface area (Å²) in [4.78, 5) is 15.0. The van der Waals surface area contributed by atoms with Crippen molar-refractivity contribution in [2.24, 2.45) is 0 Å². The van der Waals surface area contributed by atoms with E-state index in [1.54, 1.807) is 12.1 Å². The lowest BCUT2D eigenvalue weighted by atomic mass is 9.89. The van der Waals surface area contributed by atoms with Crippen LogP contribution in [0.5, 0.6) is 0 Å². The van der Waals surface area contributed by atoms with Gasteiger partial charge in [0.05, 0.1) is 23.6 Å². The van der Waals surface area contributed by atoms with Crippen LogP contribution in [0, 0.1) is 0 Å². The number of carbonyl (C=O) groups is 1. The molecule has 0 spiro atoms. The van der Waals surface area contributed by atoms with Gasteiger partial charge in [-0.15, -0.1) is 0 Å². The third kappa shape index (κ3) is 3.59. The second-order valence-electron chi connectivity index (χ2n) is 7.18. The smallest absolute Gasteiger partial charge is 0.254 e. The van der Waals surface area contributed by atoms with Gasteiger partial charge in [0.15, 0.2) is 0 Å². The molecule has 136 valence electrons. The van der Waals surface area contributed by atoms with Crippen LogP contribution in [0.1, 0.15) is 48.9 Å². The van der Waals surface area contributed by atoms with Crippen molar-refractivity contribution in [3.05, 3.63) is 29.8 Å². The van der Waals surface area contributed by atoms with Gasteiger partial charge in [-0.25, -0.2) is 13.1 Å². The van der Waals surface area contributed by atoms with E-state index in [9.17, 15) is 13.2 Å². The van der Waals surface area contributed by atoms with E-state index in [0.29, 0.717) is 18.7 Å². The van der Waals surface area contributed by atoms with Gasteiger partial charge in [0.1, 0.15) is 0 Å². The highest BCUT2D eigenvalue weighted by atomic mass is 32.2. The molecule has 2 saturated carbocycles. The summed E-state index contributed by atoms with van der Waals surface area (Å²) in [5.41, 5.74) is 0.539. The van der Waals surface area contributed by atoms with E-state index in [1.807, 2.05) is 4.90 Å². The van der Waals surface area contributed by atoms with Gasteiger partial charge >= 0.3 is 0 Å². The van der Waals surface area contributed by atoms with Gasteiger partial charge in [0.25, 0.3) is 5.91 Å². The predicted molar refractivity (Wildman–Crippen MR) is 92.8 cm³/mol. The maximum atomic E-state index is 12.9. The highest BCUT2D eigenvalue weighted by Gasteiger charge is 2.37. The SMILES string of the molecule is O=C(c1ccc(S(=O)(=O)NC2CC2)cc1)N1CCO[C@H]2CCCC[C@@H]21. The Morgan fingerprint density at radius 1 is 1.08 bits per heavy atom. The topological polar surface area (TPSA) is 75.7 Å². The number of morpholine rings is 1. The van der Waals surface area contributed by atoms with E-state index in [4.69, 9.17) is 4.74 Å². The van der Waals surface area contributed by atoms with Gasteiger partial charge < -0.3 is 9.64 Å². The van der Waals surface area contributed by atoms with Crippen molar-refractivity contribution in [1.29, 1.82) is 0 Å². The van der Waals surface area contributed by atoms with Crippen LogP contribution in [0.15, 0.2) is 29.2 Å². The molecule has 2 aliphatic carbocycles. The second kappa shape index (κ2) is 6.70. The largest absolute Gasteiger partial charge is 0.374 e. The molecule has 0 aromatic heterocycles. The molecule has 1 N–H and O–H groups in total. The summed E-state index contributed by atoms with van der Waals surface area (Å²) < 4.78 is 32.9. The fourth-order valence-electron chi connectivity index (χ4n) is 3.78. The molecule has 3 fully saturated rings. The number of ether oxygens (including phenoxy) is 1. The number of hydrogen-bond donors (Lipinski definition) is 1. The molecule has 1 aromatic carbocycles. The zero-order chi connectivity index (χ0) is 17.4. The standard InChI is InChI=1S/C18H24N2O4S/c21-18(20-11-12-24-17-4-2-1-3-16(17)20)13-5-9-15(10-6-13)25(22,23)19-14-7-8-14/h5-6,9-10,14,16-17,19H,1-4,7-8,11-12H2/t16-,17-/m0/s1. The normalized spacial score (nSPS) is 27.0. The van der Waals surface area contributed by atoms with E-state index in [0.717, 1.165) is 38.5 Å². The second-order valence-corrected chi connectivity index (χ2v) is 8.89. The summed E-state index contributed by atoms with van der Waals surface area (Å²) in [6, 6.07) is 6.51. The van der Waals surface area contributed by atoms with E-state index < -0.39 is 10.0 Å². The number of nitrogens with zero attached hydrogens (tertiary/aromatic N) is 1. The van der Waals surface area contributed by atoms with Gasteiger partial charge in [0, 0.05) is 18.2 Å². The molecule has 0 radical (unpaired) electrons.